The van der Waals surface area contributed by atoms with E-state index >= 15 is 0 Å². The quantitative estimate of drug-likeness (QED) is 0.209. The van der Waals surface area contributed by atoms with Crippen LogP contribution in [0.4, 0.5) is 0 Å². The van der Waals surface area contributed by atoms with Crippen LogP contribution in [0.5, 0.6) is 0 Å². The van der Waals surface area contributed by atoms with Crippen LogP contribution in [0.2, 0.25) is 0 Å². The summed E-state index contributed by atoms with van der Waals surface area (Å²) in [5.74, 6) is 0.137. The van der Waals surface area contributed by atoms with Gasteiger partial charge in [-0.1, -0.05) is 90.4 Å². The van der Waals surface area contributed by atoms with Crippen molar-refractivity contribution < 1.29 is 9.59 Å². The number of rotatable bonds is 18. The third-order valence-corrected chi connectivity index (χ3v) is 6.08. The van der Waals surface area contributed by atoms with Crippen molar-refractivity contribution in [1.29, 1.82) is 0 Å². The van der Waals surface area contributed by atoms with Gasteiger partial charge < -0.3 is 4.90 Å². The lowest BCUT2D eigenvalue weighted by Gasteiger charge is -2.19. The number of amides is 1. The highest BCUT2D eigenvalue weighted by atomic mass is 32.1. The lowest BCUT2D eigenvalue weighted by Crippen LogP contribution is -2.34. The summed E-state index contributed by atoms with van der Waals surface area (Å²) in [7, 11) is 0. The molecule has 1 heterocycles. The zero-order valence-corrected chi connectivity index (χ0v) is 19.2. The van der Waals surface area contributed by atoms with E-state index in [0.717, 1.165) is 13.0 Å². The lowest BCUT2D eigenvalue weighted by molar-refractivity contribution is -0.125. The second-order valence-corrected chi connectivity index (χ2v) is 8.66. The minimum Gasteiger partial charge on any atom is -0.339 e. The Balaban J connectivity index is 1.93. The molecule has 0 radical (unpaired) electrons. The first-order valence-corrected chi connectivity index (χ1v) is 12.1. The van der Waals surface area contributed by atoms with E-state index in [-0.39, 0.29) is 11.7 Å². The maximum Gasteiger partial charge on any atom is 0.248 e. The summed E-state index contributed by atoms with van der Waals surface area (Å²) in [6.07, 6.45) is 19.3. The summed E-state index contributed by atoms with van der Waals surface area (Å²) in [4.78, 5) is 26.8. The Morgan fingerprint density at radius 2 is 1.29 bits per heavy atom. The summed E-state index contributed by atoms with van der Waals surface area (Å²) in [6.45, 7) is 5.50. The SMILES string of the molecule is CCCCCCCCCCCCCCCCN1CC(=O)N(CCC(C)=O)C1=S. The summed E-state index contributed by atoms with van der Waals surface area (Å²) < 4.78 is 0. The number of unbranched alkanes of at least 4 members (excludes halogenated alkanes) is 13. The van der Waals surface area contributed by atoms with Crippen LogP contribution >= 0.6 is 12.2 Å². The van der Waals surface area contributed by atoms with Crippen LogP contribution in [0.15, 0.2) is 0 Å². The first-order valence-electron chi connectivity index (χ1n) is 11.6. The van der Waals surface area contributed by atoms with E-state index in [4.69, 9.17) is 12.2 Å². The van der Waals surface area contributed by atoms with Gasteiger partial charge in [0.15, 0.2) is 5.11 Å². The van der Waals surface area contributed by atoms with Gasteiger partial charge in [-0.15, -0.1) is 0 Å². The van der Waals surface area contributed by atoms with Crippen molar-refractivity contribution in [3.63, 3.8) is 0 Å². The molecule has 4 nitrogen and oxygen atoms in total. The molecule has 0 aromatic carbocycles. The molecule has 0 bridgehead atoms. The van der Waals surface area contributed by atoms with E-state index in [2.05, 4.69) is 6.92 Å². The molecule has 1 rings (SSSR count). The molecule has 0 N–H and O–H groups in total. The second kappa shape index (κ2) is 15.9. The molecular weight excluding hydrogens is 368 g/mol. The first-order chi connectivity index (χ1) is 13.6. The molecular formula is C23H42N2O2S. The van der Waals surface area contributed by atoms with Crippen molar-refractivity contribution in [3.8, 4) is 0 Å². The summed E-state index contributed by atoms with van der Waals surface area (Å²) in [5, 5.41) is 0.612. The van der Waals surface area contributed by atoms with Gasteiger partial charge in [-0.2, -0.15) is 0 Å². The molecule has 0 aliphatic carbocycles. The van der Waals surface area contributed by atoms with Gasteiger partial charge >= 0.3 is 0 Å². The topological polar surface area (TPSA) is 40.6 Å². The van der Waals surface area contributed by atoms with Gasteiger partial charge in [0.25, 0.3) is 0 Å². The van der Waals surface area contributed by atoms with Crippen LogP contribution in [0.25, 0.3) is 0 Å². The number of ketones is 1. The van der Waals surface area contributed by atoms with E-state index in [1.807, 2.05) is 4.90 Å². The fraction of sp³-hybridized carbons (Fsp3) is 0.870. The number of hydrogen-bond donors (Lipinski definition) is 0. The monoisotopic (exact) mass is 410 g/mol. The number of carbonyl (C=O) groups is 2. The highest BCUT2D eigenvalue weighted by molar-refractivity contribution is 7.80. The van der Waals surface area contributed by atoms with Gasteiger partial charge in [-0.3, -0.25) is 14.5 Å². The van der Waals surface area contributed by atoms with Crippen LogP contribution in [0, 0.1) is 0 Å². The maximum atomic E-state index is 12.0. The smallest absolute Gasteiger partial charge is 0.248 e. The third-order valence-electron chi connectivity index (χ3n) is 5.60. The highest BCUT2D eigenvalue weighted by Gasteiger charge is 2.31. The molecule has 1 fully saturated rings. The number of carbonyl (C=O) groups excluding carboxylic acids is 2. The third kappa shape index (κ3) is 11.1. The minimum absolute atomic E-state index is 0.0385. The molecule has 1 saturated heterocycles. The molecule has 28 heavy (non-hydrogen) atoms. The van der Waals surface area contributed by atoms with Crippen molar-refractivity contribution in [2.45, 2.75) is 110 Å². The molecule has 1 aliphatic rings. The number of Topliss-reactive ketones (excluding diaryl/α,β-unsaturated/α-hetero) is 1. The van der Waals surface area contributed by atoms with Crippen LogP contribution < -0.4 is 0 Å². The van der Waals surface area contributed by atoms with Gasteiger partial charge in [0.1, 0.15) is 5.78 Å². The molecule has 1 aliphatic heterocycles. The lowest BCUT2D eigenvalue weighted by atomic mass is 10.0. The predicted molar refractivity (Wildman–Crippen MR) is 121 cm³/mol. The number of hydrogen-bond acceptors (Lipinski definition) is 3. The average Bonchev–Trinajstić information content (AvgIpc) is 2.93. The standard InChI is InChI=1S/C23H42N2O2S/c1-3-4-5-6-7-8-9-10-11-12-13-14-15-16-18-24-20-22(27)25(23(24)28)19-17-21(2)26/h3-20H2,1-2H3. The molecule has 162 valence electrons. The Hall–Kier alpha value is -0.970. The van der Waals surface area contributed by atoms with Gasteiger partial charge in [0, 0.05) is 19.5 Å². The second-order valence-electron chi connectivity index (χ2n) is 8.30. The van der Waals surface area contributed by atoms with Crippen LogP contribution in [0.1, 0.15) is 110 Å². The predicted octanol–water partition coefficient (Wildman–Crippen LogP) is 5.88. The molecule has 0 saturated carbocycles. The fourth-order valence-electron chi connectivity index (χ4n) is 3.76. The first kappa shape index (κ1) is 25.1. The molecule has 0 spiro atoms. The van der Waals surface area contributed by atoms with E-state index in [9.17, 15) is 9.59 Å². The molecule has 0 unspecified atom stereocenters. The Morgan fingerprint density at radius 1 is 0.821 bits per heavy atom. The van der Waals surface area contributed by atoms with Crippen molar-refractivity contribution >= 4 is 29.0 Å². The van der Waals surface area contributed by atoms with Crippen molar-refractivity contribution in [2.75, 3.05) is 19.6 Å². The van der Waals surface area contributed by atoms with E-state index in [1.165, 1.54) is 83.5 Å². The van der Waals surface area contributed by atoms with Crippen LogP contribution in [-0.4, -0.2) is 46.2 Å². The average molecular weight is 411 g/mol. The van der Waals surface area contributed by atoms with Gasteiger partial charge in [-0.25, -0.2) is 0 Å². The minimum atomic E-state index is 0.0385. The summed E-state index contributed by atoms with van der Waals surface area (Å²) >= 11 is 5.41. The molecule has 0 aromatic rings. The zero-order chi connectivity index (χ0) is 20.6. The van der Waals surface area contributed by atoms with Crippen LogP contribution in [0.3, 0.4) is 0 Å². The molecule has 5 heteroatoms. The van der Waals surface area contributed by atoms with Crippen LogP contribution in [-0.2, 0) is 9.59 Å². The number of thiocarbonyl (C=S) groups is 1. The zero-order valence-electron chi connectivity index (χ0n) is 18.3. The molecule has 1 amide bonds. The Labute approximate surface area is 178 Å². The Bertz CT molecular complexity index is 468. The molecule has 0 aromatic heterocycles. The molecule has 0 atom stereocenters. The van der Waals surface area contributed by atoms with E-state index in [0.29, 0.717) is 24.6 Å². The van der Waals surface area contributed by atoms with E-state index in [1.54, 1.807) is 11.8 Å². The normalized spacial score (nSPS) is 14.4. The number of nitrogens with zero attached hydrogens (tertiary/aromatic N) is 2. The van der Waals surface area contributed by atoms with Crippen molar-refractivity contribution in [1.82, 2.24) is 9.80 Å². The van der Waals surface area contributed by atoms with Gasteiger partial charge in [0.05, 0.1) is 6.54 Å². The van der Waals surface area contributed by atoms with Gasteiger partial charge in [0.2, 0.25) is 5.91 Å². The van der Waals surface area contributed by atoms with Crippen molar-refractivity contribution in [2.24, 2.45) is 0 Å². The Kier molecular flexibility index (Phi) is 14.2. The fourth-order valence-corrected chi connectivity index (χ4v) is 4.10. The maximum absolute atomic E-state index is 12.0. The van der Waals surface area contributed by atoms with Gasteiger partial charge in [-0.05, 0) is 25.6 Å². The van der Waals surface area contributed by atoms with E-state index < -0.39 is 0 Å². The summed E-state index contributed by atoms with van der Waals surface area (Å²) in [5.41, 5.74) is 0. The van der Waals surface area contributed by atoms with Crippen molar-refractivity contribution in [3.05, 3.63) is 0 Å². The largest absolute Gasteiger partial charge is 0.339 e. The summed E-state index contributed by atoms with van der Waals surface area (Å²) in [6, 6.07) is 0. The Morgan fingerprint density at radius 3 is 1.75 bits per heavy atom. The highest BCUT2D eigenvalue weighted by Crippen LogP contribution is 2.15.